The number of anilines is 1. The predicted octanol–water partition coefficient (Wildman–Crippen LogP) is 4.19. The lowest BCUT2D eigenvalue weighted by Crippen LogP contribution is -2.67. The molecule has 1 aromatic carbocycles. The highest BCUT2D eigenvalue weighted by Gasteiger charge is 2.85. The van der Waals surface area contributed by atoms with E-state index in [0.717, 1.165) is 18.2 Å². The van der Waals surface area contributed by atoms with Gasteiger partial charge in [-0.3, -0.25) is 4.31 Å². The van der Waals surface area contributed by atoms with E-state index in [1.807, 2.05) is 0 Å². The van der Waals surface area contributed by atoms with Crippen LogP contribution in [0.2, 0.25) is 0 Å². The number of rotatable bonds is 4. The second-order valence-electron chi connectivity index (χ2n) is 6.34. The summed E-state index contributed by atoms with van der Waals surface area (Å²) in [6.07, 6.45) is -6.40. The number of halogens is 9. The van der Waals surface area contributed by atoms with Crippen molar-refractivity contribution in [2.75, 3.05) is 17.1 Å². The number of benzene rings is 1. The van der Waals surface area contributed by atoms with Crippen molar-refractivity contribution in [3.63, 3.8) is 0 Å². The van der Waals surface area contributed by atoms with Crippen LogP contribution in [0.25, 0.3) is 0 Å². The SMILES string of the molecule is CC1(C(F)(F)C(F)(F)C(F)(F)C(F)(F)F)CN(S(C)(=O)=O)c2ccccc21. The average Bonchev–Trinajstić information content (AvgIpc) is 2.81. The third-order valence-corrected chi connectivity index (χ3v) is 5.59. The van der Waals surface area contributed by atoms with Crippen molar-refractivity contribution in [2.24, 2.45) is 0 Å². The third-order valence-electron chi connectivity index (χ3n) is 4.47. The molecule has 0 radical (unpaired) electrons. The maximum absolute atomic E-state index is 14.6. The van der Waals surface area contributed by atoms with Crippen LogP contribution in [0.3, 0.4) is 0 Å². The van der Waals surface area contributed by atoms with E-state index in [2.05, 4.69) is 0 Å². The quantitative estimate of drug-likeness (QED) is 0.674. The lowest BCUT2D eigenvalue weighted by Gasteiger charge is -2.42. The van der Waals surface area contributed by atoms with Gasteiger partial charge in [0.1, 0.15) is 0 Å². The molecule has 1 atom stereocenters. The topological polar surface area (TPSA) is 37.4 Å². The van der Waals surface area contributed by atoms with E-state index >= 15 is 0 Å². The molecule has 1 aromatic rings. The minimum absolute atomic E-state index is 0.262. The summed E-state index contributed by atoms with van der Waals surface area (Å²) in [6, 6.07) is 3.94. The molecule has 154 valence electrons. The van der Waals surface area contributed by atoms with Crippen LogP contribution in [-0.2, 0) is 15.4 Å². The Morgan fingerprint density at radius 2 is 1.41 bits per heavy atom. The van der Waals surface area contributed by atoms with Gasteiger partial charge >= 0.3 is 23.9 Å². The molecule has 0 saturated heterocycles. The molecular formula is C14H12F9NO2S. The summed E-state index contributed by atoms with van der Waals surface area (Å²) in [6.45, 7) is -1.13. The maximum Gasteiger partial charge on any atom is 0.460 e. The summed E-state index contributed by atoms with van der Waals surface area (Å²) in [4.78, 5) is 0. The standard InChI is InChI=1S/C14H12F9NO2S/c1-10(11(15,16)12(17,18)13(19,20)14(21,22)23)7-24(27(2,25)26)9-6-4-3-5-8(9)10/h3-6H,7H2,1-2H3. The Labute approximate surface area is 147 Å². The summed E-state index contributed by atoms with van der Waals surface area (Å²) in [5.41, 5.74) is -4.66. The van der Waals surface area contributed by atoms with Gasteiger partial charge in [0.05, 0.1) is 17.4 Å². The molecule has 27 heavy (non-hydrogen) atoms. The second-order valence-corrected chi connectivity index (χ2v) is 8.25. The number of hydrogen-bond donors (Lipinski definition) is 0. The number of para-hydroxylation sites is 1. The van der Waals surface area contributed by atoms with E-state index in [9.17, 15) is 47.9 Å². The van der Waals surface area contributed by atoms with E-state index in [0.29, 0.717) is 13.2 Å². The first-order chi connectivity index (χ1) is 11.8. The minimum Gasteiger partial charge on any atom is -0.269 e. The molecule has 1 aliphatic rings. The van der Waals surface area contributed by atoms with Gasteiger partial charge in [0.2, 0.25) is 10.0 Å². The fraction of sp³-hybridized carbons (Fsp3) is 0.571. The van der Waals surface area contributed by atoms with Crippen molar-refractivity contribution in [2.45, 2.75) is 36.3 Å². The van der Waals surface area contributed by atoms with Crippen molar-refractivity contribution in [1.82, 2.24) is 0 Å². The molecule has 0 N–H and O–H groups in total. The molecule has 1 unspecified atom stereocenters. The van der Waals surface area contributed by atoms with Gasteiger partial charge in [0, 0.05) is 6.54 Å². The van der Waals surface area contributed by atoms with E-state index in [1.54, 1.807) is 0 Å². The second kappa shape index (κ2) is 5.67. The van der Waals surface area contributed by atoms with E-state index in [1.165, 1.54) is 6.07 Å². The Balaban J connectivity index is 2.72. The lowest BCUT2D eigenvalue weighted by atomic mass is 9.74. The lowest BCUT2D eigenvalue weighted by molar-refractivity contribution is -0.404. The van der Waals surface area contributed by atoms with Crippen LogP contribution in [0.5, 0.6) is 0 Å². The molecule has 1 heterocycles. The highest BCUT2D eigenvalue weighted by molar-refractivity contribution is 7.92. The van der Waals surface area contributed by atoms with Gasteiger partial charge in [0.15, 0.2) is 0 Å². The molecule has 1 aliphatic heterocycles. The molecule has 0 aromatic heterocycles. The number of hydrogen-bond acceptors (Lipinski definition) is 2. The van der Waals surface area contributed by atoms with Crippen LogP contribution < -0.4 is 4.31 Å². The Morgan fingerprint density at radius 1 is 0.926 bits per heavy atom. The van der Waals surface area contributed by atoms with Crippen molar-refractivity contribution >= 4 is 15.7 Å². The number of nitrogens with zero attached hydrogens (tertiary/aromatic N) is 1. The van der Waals surface area contributed by atoms with Crippen molar-refractivity contribution in [3.8, 4) is 0 Å². The summed E-state index contributed by atoms with van der Waals surface area (Å²) in [5.74, 6) is -19.9. The van der Waals surface area contributed by atoms with Gasteiger partial charge in [-0.05, 0) is 18.6 Å². The maximum atomic E-state index is 14.6. The van der Waals surface area contributed by atoms with Crippen LogP contribution in [0.4, 0.5) is 45.2 Å². The smallest absolute Gasteiger partial charge is 0.269 e. The molecule has 0 saturated carbocycles. The highest BCUT2D eigenvalue weighted by atomic mass is 32.2. The van der Waals surface area contributed by atoms with Gasteiger partial charge in [0.25, 0.3) is 0 Å². The molecule has 0 amide bonds. The monoisotopic (exact) mass is 429 g/mol. The zero-order valence-electron chi connectivity index (χ0n) is 13.6. The van der Waals surface area contributed by atoms with Crippen LogP contribution in [0.15, 0.2) is 24.3 Å². The predicted molar refractivity (Wildman–Crippen MR) is 76.9 cm³/mol. The van der Waals surface area contributed by atoms with Gasteiger partial charge in [-0.25, -0.2) is 8.42 Å². The van der Waals surface area contributed by atoms with E-state index in [-0.39, 0.29) is 4.31 Å². The van der Waals surface area contributed by atoms with Crippen molar-refractivity contribution in [3.05, 3.63) is 29.8 Å². The normalized spacial score (nSPS) is 22.1. The third kappa shape index (κ3) is 2.76. The van der Waals surface area contributed by atoms with Crippen molar-refractivity contribution in [1.29, 1.82) is 0 Å². The zero-order chi connectivity index (χ0) is 21.3. The Bertz CT molecular complexity index is 850. The van der Waals surface area contributed by atoms with Crippen LogP contribution in [0.1, 0.15) is 12.5 Å². The van der Waals surface area contributed by atoms with Crippen LogP contribution in [0, 0.1) is 0 Å². The summed E-state index contributed by atoms with van der Waals surface area (Å²) < 4.78 is 144. The first-order valence-corrected chi connectivity index (χ1v) is 8.94. The highest BCUT2D eigenvalue weighted by Crippen LogP contribution is 2.61. The summed E-state index contributed by atoms with van der Waals surface area (Å²) >= 11 is 0. The van der Waals surface area contributed by atoms with Crippen LogP contribution >= 0.6 is 0 Å². The van der Waals surface area contributed by atoms with E-state index < -0.39 is 57.2 Å². The Hall–Kier alpha value is -1.66. The number of sulfonamides is 1. The zero-order valence-corrected chi connectivity index (χ0v) is 14.4. The molecular weight excluding hydrogens is 417 g/mol. The first-order valence-electron chi connectivity index (χ1n) is 7.10. The fourth-order valence-corrected chi connectivity index (χ4v) is 3.91. The molecule has 0 fully saturated rings. The number of fused-ring (bicyclic) bond motifs is 1. The molecule has 13 heteroatoms. The minimum atomic E-state index is -7.06. The molecule has 2 rings (SSSR count). The van der Waals surface area contributed by atoms with Gasteiger partial charge in [-0.15, -0.1) is 0 Å². The Kier molecular flexibility index (Phi) is 4.55. The first kappa shape index (κ1) is 21.6. The molecule has 0 aliphatic carbocycles. The molecule has 0 spiro atoms. The van der Waals surface area contributed by atoms with Gasteiger partial charge in [-0.1, -0.05) is 18.2 Å². The van der Waals surface area contributed by atoms with E-state index in [4.69, 9.17) is 0 Å². The molecule has 0 bridgehead atoms. The number of alkyl halides is 9. The Morgan fingerprint density at radius 3 is 1.85 bits per heavy atom. The van der Waals surface area contributed by atoms with Gasteiger partial charge in [-0.2, -0.15) is 39.5 Å². The van der Waals surface area contributed by atoms with Crippen LogP contribution in [-0.4, -0.2) is 45.2 Å². The molecule has 3 nitrogen and oxygen atoms in total. The summed E-state index contributed by atoms with van der Waals surface area (Å²) in [5, 5.41) is 0. The summed E-state index contributed by atoms with van der Waals surface area (Å²) in [7, 11) is -4.31. The van der Waals surface area contributed by atoms with Crippen molar-refractivity contribution < 1.29 is 47.9 Å². The fourth-order valence-electron chi connectivity index (χ4n) is 2.90. The largest absolute Gasteiger partial charge is 0.460 e. The van der Waals surface area contributed by atoms with Gasteiger partial charge < -0.3 is 0 Å². The average molecular weight is 429 g/mol.